The number of anilines is 1. The highest BCUT2D eigenvalue weighted by molar-refractivity contribution is 6.05. The molecule has 6 nitrogen and oxygen atoms in total. The van der Waals surface area contributed by atoms with Crippen molar-refractivity contribution in [2.24, 2.45) is 5.73 Å². The lowest BCUT2D eigenvalue weighted by Crippen LogP contribution is -2.20. The number of carbonyl (C=O) groups excluding carboxylic acids is 1. The zero-order chi connectivity index (χ0) is 17.1. The van der Waals surface area contributed by atoms with Gasteiger partial charge in [0.2, 0.25) is 0 Å². The monoisotopic (exact) mass is 324 g/mol. The summed E-state index contributed by atoms with van der Waals surface area (Å²) in [4.78, 5) is 24.4. The van der Waals surface area contributed by atoms with Crippen LogP contribution in [-0.4, -0.2) is 13.0 Å². The van der Waals surface area contributed by atoms with Crippen LogP contribution in [0.4, 0.5) is 5.69 Å². The van der Waals surface area contributed by atoms with Crippen LogP contribution in [0.3, 0.4) is 0 Å². The molecule has 6 heteroatoms. The molecule has 0 spiro atoms. The van der Waals surface area contributed by atoms with Crippen molar-refractivity contribution in [3.05, 3.63) is 70.1 Å². The van der Waals surface area contributed by atoms with E-state index in [9.17, 15) is 9.59 Å². The number of nitrogens with two attached hydrogens (primary N) is 1. The van der Waals surface area contributed by atoms with Crippen molar-refractivity contribution < 1.29 is 13.9 Å². The number of ether oxygens (including phenoxy) is 1. The molecule has 122 valence electrons. The number of amides is 1. The predicted molar refractivity (Wildman–Crippen MR) is 91.3 cm³/mol. The molecule has 0 radical (unpaired) electrons. The molecule has 3 N–H and O–H groups in total. The van der Waals surface area contributed by atoms with Crippen molar-refractivity contribution in [3.8, 4) is 5.75 Å². The van der Waals surface area contributed by atoms with Crippen LogP contribution in [0.1, 0.15) is 15.9 Å². The van der Waals surface area contributed by atoms with E-state index in [1.54, 1.807) is 30.3 Å². The Hall–Kier alpha value is -3.12. The Bertz CT molecular complexity index is 945. The summed E-state index contributed by atoms with van der Waals surface area (Å²) < 4.78 is 10.3. The van der Waals surface area contributed by atoms with Crippen molar-refractivity contribution in [2.75, 3.05) is 12.4 Å². The standard InChI is InChI=1S/C18H16N2O4/c1-23-14-7-4-12-8-15(18(22)24-16(12)9-14)17(21)20-13-5-2-11(10-19)3-6-13/h2-9H,10,19H2,1H3,(H,20,21). The van der Waals surface area contributed by atoms with Gasteiger partial charge in [0, 0.05) is 23.7 Å². The molecule has 1 heterocycles. The molecule has 0 fully saturated rings. The molecule has 0 atom stereocenters. The van der Waals surface area contributed by atoms with Crippen LogP contribution in [-0.2, 0) is 6.54 Å². The Kier molecular flexibility index (Phi) is 4.31. The maximum atomic E-state index is 12.3. The van der Waals surface area contributed by atoms with E-state index in [1.165, 1.54) is 13.2 Å². The zero-order valence-electron chi connectivity index (χ0n) is 13.0. The van der Waals surface area contributed by atoms with E-state index in [4.69, 9.17) is 14.9 Å². The lowest BCUT2D eigenvalue weighted by molar-refractivity contribution is 0.102. The summed E-state index contributed by atoms with van der Waals surface area (Å²) in [6.07, 6.45) is 0. The summed E-state index contributed by atoms with van der Waals surface area (Å²) in [5.74, 6) is 0.0461. The van der Waals surface area contributed by atoms with Gasteiger partial charge in [-0.2, -0.15) is 0 Å². The third kappa shape index (κ3) is 3.13. The molecule has 0 saturated carbocycles. The maximum Gasteiger partial charge on any atom is 0.349 e. The van der Waals surface area contributed by atoms with Gasteiger partial charge in [0.1, 0.15) is 16.9 Å². The Morgan fingerprint density at radius 3 is 2.58 bits per heavy atom. The number of hydrogen-bond donors (Lipinski definition) is 2. The molecule has 0 aliphatic rings. The number of fused-ring (bicyclic) bond motifs is 1. The van der Waals surface area contributed by atoms with Gasteiger partial charge >= 0.3 is 5.63 Å². The summed E-state index contributed by atoms with van der Waals surface area (Å²) in [5, 5.41) is 3.31. The topological polar surface area (TPSA) is 94.6 Å². The van der Waals surface area contributed by atoms with E-state index in [0.717, 1.165) is 5.56 Å². The minimum atomic E-state index is -0.702. The van der Waals surface area contributed by atoms with Gasteiger partial charge in [0.15, 0.2) is 0 Å². The second kappa shape index (κ2) is 6.55. The molecule has 2 aromatic carbocycles. The minimum Gasteiger partial charge on any atom is -0.497 e. The fourth-order valence-corrected chi connectivity index (χ4v) is 2.30. The van der Waals surface area contributed by atoms with Gasteiger partial charge in [-0.25, -0.2) is 4.79 Å². The van der Waals surface area contributed by atoms with E-state index >= 15 is 0 Å². The highest BCUT2D eigenvalue weighted by atomic mass is 16.5. The van der Waals surface area contributed by atoms with Crippen molar-refractivity contribution in [3.63, 3.8) is 0 Å². The number of hydrogen-bond acceptors (Lipinski definition) is 5. The molecule has 1 amide bonds. The predicted octanol–water partition coefficient (Wildman–Crippen LogP) is 2.51. The first kappa shape index (κ1) is 15.8. The van der Waals surface area contributed by atoms with Crippen LogP contribution in [0.5, 0.6) is 5.75 Å². The van der Waals surface area contributed by atoms with Crippen LogP contribution in [0, 0.1) is 0 Å². The van der Waals surface area contributed by atoms with Crippen molar-refractivity contribution in [1.82, 2.24) is 0 Å². The molecular formula is C18H16N2O4. The lowest BCUT2D eigenvalue weighted by Gasteiger charge is -2.06. The molecule has 0 aliphatic carbocycles. The molecule has 0 bridgehead atoms. The number of methoxy groups -OCH3 is 1. The van der Waals surface area contributed by atoms with Crippen molar-refractivity contribution >= 4 is 22.6 Å². The fraction of sp³-hybridized carbons (Fsp3) is 0.111. The summed E-state index contributed by atoms with van der Waals surface area (Å²) in [5.41, 5.74) is 6.66. The van der Waals surface area contributed by atoms with E-state index < -0.39 is 11.5 Å². The Labute approximate surface area is 137 Å². The minimum absolute atomic E-state index is 0.0597. The first-order chi connectivity index (χ1) is 11.6. The highest BCUT2D eigenvalue weighted by Crippen LogP contribution is 2.20. The molecular weight excluding hydrogens is 308 g/mol. The van der Waals surface area contributed by atoms with Gasteiger partial charge < -0.3 is 20.2 Å². The van der Waals surface area contributed by atoms with E-state index in [2.05, 4.69) is 5.32 Å². The third-order valence-corrected chi connectivity index (χ3v) is 3.64. The third-order valence-electron chi connectivity index (χ3n) is 3.64. The van der Waals surface area contributed by atoms with Crippen LogP contribution >= 0.6 is 0 Å². The summed E-state index contributed by atoms with van der Waals surface area (Å²) in [7, 11) is 1.52. The Balaban J connectivity index is 1.91. The average Bonchev–Trinajstić information content (AvgIpc) is 2.61. The Morgan fingerprint density at radius 1 is 1.17 bits per heavy atom. The van der Waals surface area contributed by atoms with Crippen LogP contribution in [0.15, 0.2) is 57.7 Å². The molecule has 3 rings (SSSR count). The van der Waals surface area contributed by atoms with E-state index in [0.29, 0.717) is 29.0 Å². The average molecular weight is 324 g/mol. The lowest BCUT2D eigenvalue weighted by atomic mass is 10.1. The number of nitrogens with one attached hydrogen (secondary N) is 1. The van der Waals surface area contributed by atoms with E-state index in [-0.39, 0.29) is 5.56 Å². The maximum absolute atomic E-state index is 12.3. The summed E-state index contributed by atoms with van der Waals surface area (Å²) >= 11 is 0. The van der Waals surface area contributed by atoms with Crippen molar-refractivity contribution in [1.29, 1.82) is 0 Å². The molecule has 0 aliphatic heterocycles. The zero-order valence-corrected chi connectivity index (χ0v) is 13.0. The molecule has 1 aromatic heterocycles. The van der Waals surface area contributed by atoms with Crippen LogP contribution in [0.2, 0.25) is 0 Å². The summed E-state index contributed by atoms with van der Waals surface area (Å²) in [6, 6.07) is 13.6. The highest BCUT2D eigenvalue weighted by Gasteiger charge is 2.14. The van der Waals surface area contributed by atoms with E-state index in [1.807, 2.05) is 12.1 Å². The smallest absolute Gasteiger partial charge is 0.349 e. The Morgan fingerprint density at radius 2 is 1.92 bits per heavy atom. The molecule has 24 heavy (non-hydrogen) atoms. The normalized spacial score (nSPS) is 10.6. The SMILES string of the molecule is COc1ccc2cc(C(=O)Nc3ccc(CN)cc3)c(=O)oc2c1. The molecule has 3 aromatic rings. The van der Waals surface area contributed by atoms with Gasteiger partial charge in [0.05, 0.1) is 7.11 Å². The fourth-order valence-electron chi connectivity index (χ4n) is 2.30. The van der Waals surface area contributed by atoms with Gasteiger partial charge in [-0.3, -0.25) is 4.79 Å². The molecule has 0 unspecified atom stereocenters. The van der Waals surface area contributed by atoms with Gasteiger partial charge in [-0.05, 0) is 35.9 Å². The second-order valence-electron chi connectivity index (χ2n) is 5.21. The second-order valence-corrected chi connectivity index (χ2v) is 5.21. The van der Waals surface area contributed by atoms with Gasteiger partial charge in [-0.15, -0.1) is 0 Å². The quantitative estimate of drug-likeness (QED) is 0.719. The van der Waals surface area contributed by atoms with Crippen LogP contribution < -0.4 is 21.4 Å². The number of carbonyl (C=O) groups is 1. The van der Waals surface area contributed by atoms with Crippen molar-refractivity contribution in [2.45, 2.75) is 6.54 Å². The van der Waals surface area contributed by atoms with Crippen LogP contribution in [0.25, 0.3) is 11.0 Å². The number of rotatable bonds is 4. The first-order valence-electron chi connectivity index (χ1n) is 7.33. The number of benzene rings is 2. The first-order valence-corrected chi connectivity index (χ1v) is 7.33. The largest absolute Gasteiger partial charge is 0.497 e. The van der Waals surface area contributed by atoms with Gasteiger partial charge in [0.25, 0.3) is 5.91 Å². The molecule has 0 saturated heterocycles. The summed E-state index contributed by atoms with van der Waals surface area (Å²) in [6.45, 7) is 0.423. The van der Waals surface area contributed by atoms with Gasteiger partial charge in [-0.1, -0.05) is 12.1 Å².